The monoisotopic (exact) mass is 240 g/mol. The van der Waals surface area contributed by atoms with Crippen LogP contribution in [0.5, 0.6) is 0 Å². The van der Waals surface area contributed by atoms with E-state index < -0.39 is 0 Å². The first-order valence-corrected chi connectivity index (χ1v) is 5.60. The van der Waals surface area contributed by atoms with Crippen molar-refractivity contribution in [1.29, 1.82) is 0 Å². The van der Waals surface area contributed by atoms with Crippen LogP contribution in [0.1, 0.15) is 0 Å². The number of aromatic nitrogens is 5. The Bertz CT molecular complexity index is 688. The molecule has 0 unspecified atom stereocenters. The minimum Gasteiger partial charge on any atom is -0.371 e. The fourth-order valence-corrected chi connectivity index (χ4v) is 1.81. The summed E-state index contributed by atoms with van der Waals surface area (Å²) in [5, 5.41) is 11.0. The van der Waals surface area contributed by atoms with Gasteiger partial charge in [0.15, 0.2) is 22.8 Å². The second-order valence-electron chi connectivity index (χ2n) is 3.90. The maximum Gasteiger partial charge on any atom is 0.184 e. The van der Waals surface area contributed by atoms with Gasteiger partial charge in [0, 0.05) is 19.7 Å². The van der Waals surface area contributed by atoms with Gasteiger partial charge in [-0.25, -0.2) is 14.6 Å². The second kappa shape index (κ2) is 4.06. The molecule has 6 nitrogen and oxygen atoms in total. The molecular weight excluding hydrogens is 228 g/mol. The zero-order chi connectivity index (χ0) is 12.5. The Labute approximate surface area is 104 Å². The molecule has 0 aliphatic heterocycles. The molecule has 2 aromatic heterocycles. The fraction of sp³-hybridized carbons (Fsp3) is 0.167. The van der Waals surface area contributed by atoms with E-state index in [1.165, 1.54) is 0 Å². The first-order valence-electron chi connectivity index (χ1n) is 5.60. The molecule has 1 N–H and O–H groups in total. The van der Waals surface area contributed by atoms with Gasteiger partial charge in [0.1, 0.15) is 0 Å². The van der Waals surface area contributed by atoms with E-state index in [0.717, 1.165) is 5.56 Å². The number of nitrogens with zero attached hydrogens (tertiary/aromatic N) is 5. The van der Waals surface area contributed by atoms with Crippen molar-refractivity contribution in [3.05, 3.63) is 30.3 Å². The van der Waals surface area contributed by atoms with Crippen molar-refractivity contribution in [3.63, 3.8) is 0 Å². The summed E-state index contributed by atoms with van der Waals surface area (Å²) in [6.07, 6.45) is 0. The number of hydrogen-bond donors (Lipinski definition) is 1. The molecule has 6 heteroatoms. The van der Waals surface area contributed by atoms with Crippen LogP contribution in [0.2, 0.25) is 0 Å². The second-order valence-corrected chi connectivity index (χ2v) is 3.90. The quantitative estimate of drug-likeness (QED) is 0.734. The Balaban J connectivity index is 2.28. The van der Waals surface area contributed by atoms with Crippen LogP contribution in [-0.4, -0.2) is 32.0 Å². The summed E-state index contributed by atoms with van der Waals surface area (Å²) in [4.78, 5) is 8.97. The molecule has 0 saturated carbocycles. The van der Waals surface area contributed by atoms with Crippen molar-refractivity contribution in [2.24, 2.45) is 7.05 Å². The molecule has 2 heterocycles. The number of rotatable bonds is 2. The molecule has 18 heavy (non-hydrogen) atoms. The smallest absolute Gasteiger partial charge is 0.184 e. The molecule has 3 aromatic rings. The van der Waals surface area contributed by atoms with Gasteiger partial charge in [-0.1, -0.05) is 35.5 Å². The lowest BCUT2D eigenvalue weighted by atomic mass is 10.2. The molecule has 90 valence electrons. The Hall–Kier alpha value is -2.50. The number of hydrogen-bond acceptors (Lipinski definition) is 5. The van der Waals surface area contributed by atoms with E-state index in [1.54, 1.807) is 4.68 Å². The predicted molar refractivity (Wildman–Crippen MR) is 69.1 cm³/mol. The Morgan fingerprint density at radius 2 is 1.89 bits per heavy atom. The third kappa shape index (κ3) is 1.58. The fourth-order valence-electron chi connectivity index (χ4n) is 1.81. The molecule has 0 atom stereocenters. The molecule has 1 aromatic carbocycles. The summed E-state index contributed by atoms with van der Waals surface area (Å²) in [5.41, 5.74) is 2.37. The average Bonchev–Trinajstić information content (AvgIpc) is 2.81. The largest absolute Gasteiger partial charge is 0.371 e. The molecule has 0 amide bonds. The lowest BCUT2D eigenvalue weighted by Crippen LogP contribution is -2.00. The van der Waals surface area contributed by atoms with Gasteiger partial charge in [0.25, 0.3) is 0 Å². The predicted octanol–water partition coefficient (Wildman–Crippen LogP) is 1.47. The van der Waals surface area contributed by atoms with Crippen molar-refractivity contribution in [3.8, 4) is 11.4 Å². The van der Waals surface area contributed by atoms with E-state index in [4.69, 9.17) is 0 Å². The first-order chi connectivity index (χ1) is 8.79. The molecule has 0 spiro atoms. The highest BCUT2D eigenvalue weighted by atomic mass is 15.4. The third-order valence-corrected chi connectivity index (χ3v) is 2.72. The van der Waals surface area contributed by atoms with Crippen LogP contribution in [0.3, 0.4) is 0 Å². The number of anilines is 1. The van der Waals surface area contributed by atoms with Crippen LogP contribution in [0.15, 0.2) is 30.3 Å². The van der Waals surface area contributed by atoms with Crippen LogP contribution in [0.4, 0.5) is 5.82 Å². The highest BCUT2D eigenvalue weighted by molar-refractivity contribution is 5.84. The normalized spacial score (nSPS) is 10.8. The van der Waals surface area contributed by atoms with Gasteiger partial charge in [-0.3, -0.25) is 0 Å². The minimum atomic E-state index is 0.665. The van der Waals surface area contributed by atoms with Crippen LogP contribution < -0.4 is 5.32 Å². The standard InChI is InChI=1S/C12H12N6/c1-13-11-9-12(18(2)17-16-9)15-10(14-11)8-6-4-3-5-7-8/h3-7H,1-2H3,(H,13,14,15). The van der Waals surface area contributed by atoms with Gasteiger partial charge in [0.05, 0.1) is 0 Å². The van der Waals surface area contributed by atoms with Crippen molar-refractivity contribution in [2.45, 2.75) is 0 Å². The third-order valence-electron chi connectivity index (χ3n) is 2.72. The highest BCUT2D eigenvalue weighted by Gasteiger charge is 2.12. The summed E-state index contributed by atoms with van der Waals surface area (Å²) >= 11 is 0. The van der Waals surface area contributed by atoms with E-state index in [2.05, 4.69) is 25.6 Å². The lowest BCUT2D eigenvalue weighted by molar-refractivity contribution is 0.730. The molecule has 0 fully saturated rings. The van der Waals surface area contributed by atoms with E-state index >= 15 is 0 Å². The van der Waals surface area contributed by atoms with Gasteiger partial charge in [-0.05, 0) is 0 Å². The Morgan fingerprint density at radius 3 is 2.61 bits per heavy atom. The van der Waals surface area contributed by atoms with Crippen LogP contribution in [0, 0.1) is 0 Å². The van der Waals surface area contributed by atoms with Gasteiger partial charge in [-0.2, -0.15) is 0 Å². The number of nitrogens with one attached hydrogen (secondary N) is 1. The summed E-state index contributed by atoms with van der Waals surface area (Å²) in [5.74, 6) is 1.35. The Morgan fingerprint density at radius 1 is 1.11 bits per heavy atom. The van der Waals surface area contributed by atoms with Crippen molar-refractivity contribution in [2.75, 3.05) is 12.4 Å². The summed E-state index contributed by atoms with van der Waals surface area (Å²) in [6.45, 7) is 0. The van der Waals surface area contributed by atoms with Crippen LogP contribution in [-0.2, 0) is 7.05 Å². The van der Waals surface area contributed by atoms with E-state index in [9.17, 15) is 0 Å². The van der Waals surface area contributed by atoms with Crippen molar-refractivity contribution in [1.82, 2.24) is 25.0 Å². The number of aryl methyl sites for hydroxylation is 1. The molecule has 0 saturated heterocycles. The molecule has 3 rings (SSSR count). The van der Waals surface area contributed by atoms with Crippen molar-refractivity contribution < 1.29 is 0 Å². The topological polar surface area (TPSA) is 68.5 Å². The molecule has 0 bridgehead atoms. The SMILES string of the molecule is CNc1nc(-c2ccccc2)nc2c1nnn2C. The molecular formula is C12H12N6. The molecule has 0 radical (unpaired) electrons. The lowest BCUT2D eigenvalue weighted by Gasteiger charge is -2.04. The average molecular weight is 240 g/mol. The Kier molecular flexibility index (Phi) is 2.40. The van der Waals surface area contributed by atoms with Gasteiger partial charge in [-0.15, -0.1) is 5.10 Å². The van der Waals surface area contributed by atoms with Crippen molar-refractivity contribution >= 4 is 17.0 Å². The number of fused-ring (bicyclic) bond motifs is 1. The zero-order valence-electron chi connectivity index (χ0n) is 10.1. The maximum absolute atomic E-state index is 4.50. The van der Waals surface area contributed by atoms with E-state index in [0.29, 0.717) is 22.8 Å². The van der Waals surface area contributed by atoms with Gasteiger partial charge >= 0.3 is 0 Å². The van der Waals surface area contributed by atoms with E-state index in [1.807, 2.05) is 44.4 Å². The highest BCUT2D eigenvalue weighted by Crippen LogP contribution is 2.22. The van der Waals surface area contributed by atoms with Crippen LogP contribution >= 0.6 is 0 Å². The zero-order valence-corrected chi connectivity index (χ0v) is 10.1. The minimum absolute atomic E-state index is 0.665. The van der Waals surface area contributed by atoms with E-state index in [-0.39, 0.29) is 0 Å². The first kappa shape index (κ1) is 10.6. The maximum atomic E-state index is 4.50. The van der Waals surface area contributed by atoms with Crippen LogP contribution in [0.25, 0.3) is 22.6 Å². The summed E-state index contributed by atoms with van der Waals surface area (Å²) in [7, 11) is 3.63. The molecule has 0 aliphatic rings. The molecule has 0 aliphatic carbocycles. The number of benzene rings is 1. The van der Waals surface area contributed by atoms with Gasteiger partial charge < -0.3 is 5.32 Å². The summed E-state index contributed by atoms with van der Waals surface area (Å²) < 4.78 is 1.64. The van der Waals surface area contributed by atoms with Gasteiger partial charge in [0.2, 0.25) is 0 Å². The summed E-state index contributed by atoms with van der Waals surface area (Å²) in [6, 6.07) is 9.84.